The first-order chi connectivity index (χ1) is 34.3. The second-order valence-corrected chi connectivity index (χ2v) is 20.1. The molecule has 376 valence electrons. The van der Waals surface area contributed by atoms with Crippen molar-refractivity contribution < 1.29 is 38.2 Å². The fourth-order valence-electron chi connectivity index (χ4n) is 10.9. The molecule has 5 aromatic rings. The summed E-state index contributed by atoms with van der Waals surface area (Å²) in [4.78, 5) is 83.8. The summed E-state index contributed by atoms with van der Waals surface area (Å²) in [6.45, 7) is 5.48. The van der Waals surface area contributed by atoms with Crippen LogP contribution < -0.4 is 0 Å². The van der Waals surface area contributed by atoms with Gasteiger partial charge in [0.1, 0.15) is 0 Å². The van der Waals surface area contributed by atoms with Gasteiger partial charge in [-0.1, -0.05) is 179 Å². The summed E-state index contributed by atoms with van der Waals surface area (Å²) in [6, 6.07) is 14.6. The third-order valence-electron chi connectivity index (χ3n) is 14.9. The number of esters is 2. The van der Waals surface area contributed by atoms with Crippen molar-refractivity contribution in [3.63, 3.8) is 0 Å². The summed E-state index contributed by atoms with van der Waals surface area (Å²) in [5.41, 5.74) is 1.70. The number of benzene rings is 5. The van der Waals surface area contributed by atoms with E-state index in [-0.39, 0.29) is 37.9 Å². The lowest BCUT2D eigenvalue weighted by atomic mass is 9.82. The molecule has 0 atom stereocenters. The van der Waals surface area contributed by atoms with Crippen molar-refractivity contribution in [3.05, 3.63) is 70.8 Å². The molecule has 70 heavy (non-hydrogen) atoms. The molecule has 2 aliphatic heterocycles. The molecule has 0 bridgehead atoms. The Morgan fingerprint density at radius 2 is 0.600 bits per heavy atom. The first kappa shape index (κ1) is 52.4. The van der Waals surface area contributed by atoms with Gasteiger partial charge in [0.05, 0.1) is 13.2 Å². The van der Waals surface area contributed by atoms with E-state index < -0.39 is 23.6 Å². The average molecular weight is 955 g/mol. The van der Waals surface area contributed by atoms with Gasteiger partial charge in [0.15, 0.2) is 0 Å². The van der Waals surface area contributed by atoms with Gasteiger partial charge in [0.25, 0.3) is 23.6 Å². The Morgan fingerprint density at radius 1 is 0.343 bits per heavy atom. The molecule has 0 spiro atoms. The molecule has 0 aromatic heterocycles. The third-order valence-corrected chi connectivity index (χ3v) is 14.9. The molecule has 7 rings (SSSR count). The Kier molecular flexibility index (Phi) is 20.0. The molecule has 0 unspecified atom stereocenters. The number of unbranched alkanes of at least 4 members (excludes halogenated alkanes) is 22. The van der Waals surface area contributed by atoms with Gasteiger partial charge < -0.3 is 9.47 Å². The van der Waals surface area contributed by atoms with Gasteiger partial charge in [-0.3, -0.25) is 38.6 Å². The number of rotatable bonds is 34. The normalized spacial score (nSPS) is 13.6. The number of nitrogens with zero attached hydrogens (tertiary/aromatic N) is 2. The van der Waals surface area contributed by atoms with Crippen LogP contribution in [0.2, 0.25) is 0 Å². The fourth-order valence-corrected chi connectivity index (χ4v) is 10.9. The van der Waals surface area contributed by atoms with Crippen molar-refractivity contribution >= 4 is 78.7 Å². The van der Waals surface area contributed by atoms with E-state index in [9.17, 15) is 28.8 Å². The molecule has 0 N–H and O–H groups in total. The van der Waals surface area contributed by atoms with Gasteiger partial charge in [0, 0.05) is 59.0 Å². The van der Waals surface area contributed by atoms with Crippen molar-refractivity contribution in [2.24, 2.45) is 0 Å². The summed E-state index contributed by atoms with van der Waals surface area (Å²) < 4.78 is 11.0. The summed E-state index contributed by atoms with van der Waals surface area (Å²) in [5, 5.41) is 6.04. The van der Waals surface area contributed by atoms with Crippen molar-refractivity contribution in [2.45, 2.75) is 194 Å². The van der Waals surface area contributed by atoms with Gasteiger partial charge in [-0.15, -0.1) is 0 Å². The summed E-state index contributed by atoms with van der Waals surface area (Å²) in [5.74, 6) is -2.22. The maximum Gasteiger partial charge on any atom is 0.305 e. The molecule has 10 nitrogen and oxygen atoms in total. The molecule has 4 amide bonds. The lowest BCUT2D eigenvalue weighted by Gasteiger charge is -2.30. The summed E-state index contributed by atoms with van der Waals surface area (Å²) in [7, 11) is 0. The second-order valence-electron chi connectivity index (χ2n) is 20.1. The number of ether oxygens (including phenoxy) is 2. The fraction of sp³-hybridized carbons (Fsp3) is 0.567. The van der Waals surface area contributed by atoms with Crippen LogP contribution in [0.15, 0.2) is 48.5 Å². The Labute approximate surface area is 415 Å². The molecule has 0 aliphatic carbocycles. The minimum atomic E-state index is -0.397. The maximum atomic E-state index is 14.0. The second kappa shape index (κ2) is 26.7. The highest BCUT2D eigenvalue weighted by molar-refractivity contribution is 6.41. The van der Waals surface area contributed by atoms with E-state index in [1.165, 1.54) is 125 Å². The number of imide groups is 2. The monoisotopic (exact) mass is 955 g/mol. The van der Waals surface area contributed by atoms with Crippen LogP contribution in [0, 0.1) is 0 Å². The maximum absolute atomic E-state index is 14.0. The van der Waals surface area contributed by atoms with Crippen molar-refractivity contribution in [1.82, 2.24) is 9.80 Å². The molecular weight excluding hydrogens is 877 g/mol. The van der Waals surface area contributed by atoms with Crippen LogP contribution in [-0.2, 0) is 19.1 Å². The average Bonchev–Trinajstić information content (AvgIpc) is 3.36. The highest BCUT2D eigenvalue weighted by Gasteiger charge is 2.37. The van der Waals surface area contributed by atoms with E-state index >= 15 is 0 Å². The van der Waals surface area contributed by atoms with E-state index in [2.05, 4.69) is 13.8 Å². The van der Waals surface area contributed by atoms with Gasteiger partial charge >= 0.3 is 11.9 Å². The SMILES string of the molecule is CCCCCCCCCCCCCCOC(=O)CCCN1C(=O)c2ccc3c4ccc5c6c(ccc(c7ccc(c2c37)C1=O)c64)C(=O)N(CCCC(=O)OCCCCCCCCCCCCCC)C5=O. The molecule has 10 heteroatoms. The lowest BCUT2D eigenvalue weighted by Crippen LogP contribution is -2.41. The van der Waals surface area contributed by atoms with Gasteiger partial charge in [-0.2, -0.15) is 0 Å². The number of hydrogen-bond acceptors (Lipinski definition) is 8. The van der Waals surface area contributed by atoms with Gasteiger partial charge in [0.2, 0.25) is 0 Å². The van der Waals surface area contributed by atoms with Crippen molar-refractivity contribution in [2.75, 3.05) is 26.3 Å². The standard InChI is InChI=1S/C60H78N2O8/c1-3-5-7-9-11-13-15-17-19-21-23-25-41-69-51(63)29-27-39-61-57(65)47-35-31-43-45-33-37-49-56-50(38-34-46(54(45)56)44-32-36-48(58(61)66)55(47)53(43)44)60(68)62(59(49)67)40-28-30-52(64)70-42-26-24-22-20-18-16-14-12-10-8-6-4-2/h31-38H,3-30,39-42H2,1-2H3. The number of hydrogen-bond donors (Lipinski definition) is 0. The summed E-state index contributed by atoms with van der Waals surface area (Å²) >= 11 is 0. The highest BCUT2D eigenvalue weighted by Crippen LogP contribution is 2.46. The van der Waals surface area contributed by atoms with Crippen LogP contribution in [0.5, 0.6) is 0 Å². The van der Waals surface area contributed by atoms with Crippen LogP contribution in [-0.4, -0.2) is 71.7 Å². The zero-order valence-corrected chi connectivity index (χ0v) is 42.4. The van der Waals surface area contributed by atoms with Crippen LogP contribution >= 0.6 is 0 Å². The van der Waals surface area contributed by atoms with Crippen molar-refractivity contribution in [1.29, 1.82) is 0 Å². The third kappa shape index (κ3) is 12.7. The Morgan fingerprint density at radius 3 is 0.871 bits per heavy atom. The van der Waals surface area contributed by atoms with Crippen LogP contribution in [0.1, 0.15) is 235 Å². The molecule has 5 aromatic carbocycles. The van der Waals surface area contributed by atoms with E-state index in [4.69, 9.17) is 9.47 Å². The molecular formula is C60H78N2O8. The minimum Gasteiger partial charge on any atom is -0.466 e. The molecule has 0 fully saturated rings. The Bertz CT molecular complexity index is 2300. The van der Waals surface area contributed by atoms with Crippen LogP contribution in [0.3, 0.4) is 0 Å². The number of carbonyl (C=O) groups is 6. The Hall–Kier alpha value is -5.38. The van der Waals surface area contributed by atoms with Crippen molar-refractivity contribution in [3.8, 4) is 0 Å². The largest absolute Gasteiger partial charge is 0.466 e. The first-order valence-electron chi connectivity index (χ1n) is 27.5. The quantitative estimate of drug-likeness (QED) is 0.0131. The molecule has 2 aliphatic rings. The molecule has 0 saturated carbocycles. The van der Waals surface area contributed by atoms with Crippen LogP contribution in [0.25, 0.3) is 43.1 Å². The lowest BCUT2D eigenvalue weighted by molar-refractivity contribution is -0.144. The van der Waals surface area contributed by atoms with E-state index in [0.717, 1.165) is 70.8 Å². The Balaban J connectivity index is 0.894. The molecule has 2 heterocycles. The number of amides is 4. The first-order valence-corrected chi connectivity index (χ1v) is 27.5. The highest BCUT2D eigenvalue weighted by atomic mass is 16.5. The zero-order chi connectivity index (χ0) is 49.2. The summed E-state index contributed by atoms with van der Waals surface area (Å²) in [6.07, 6.45) is 30.5. The smallest absolute Gasteiger partial charge is 0.305 e. The van der Waals surface area contributed by atoms with E-state index in [1.54, 1.807) is 24.3 Å². The van der Waals surface area contributed by atoms with Gasteiger partial charge in [-0.05, 0) is 82.3 Å². The predicted octanol–water partition coefficient (Wildman–Crippen LogP) is 15.0. The zero-order valence-electron chi connectivity index (χ0n) is 42.4. The van der Waals surface area contributed by atoms with Crippen LogP contribution in [0.4, 0.5) is 0 Å². The predicted molar refractivity (Wildman–Crippen MR) is 281 cm³/mol. The number of fused-ring (bicyclic) bond motifs is 2. The molecule has 0 radical (unpaired) electrons. The van der Waals surface area contributed by atoms with E-state index in [0.29, 0.717) is 59.1 Å². The number of carbonyl (C=O) groups excluding carboxylic acids is 6. The topological polar surface area (TPSA) is 127 Å². The molecule has 0 saturated heterocycles. The van der Waals surface area contributed by atoms with E-state index in [1.807, 2.05) is 24.3 Å². The van der Waals surface area contributed by atoms with Gasteiger partial charge in [-0.25, -0.2) is 0 Å². The minimum absolute atomic E-state index is 0.103.